The zero-order valence-corrected chi connectivity index (χ0v) is 15.9. The van der Waals surface area contributed by atoms with Gasteiger partial charge in [-0.2, -0.15) is 0 Å². The molecule has 0 aliphatic heterocycles. The molecule has 0 saturated carbocycles. The number of fused-ring (bicyclic) bond motifs is 1. The van der Waals surface area contributed by atoms with Crippen molar-refractivity contribution in [1.82, 2.24) is 19.9 Å². The first kappa shape index (κ1) is 18.2. The van der Waals surface area contributed by atoms with Crippen LogP contribution in [-0.2, 0) is 17.8 Å². The predicted molar refractivity (Wildman–Crippen MR) is 110 cm³/mol. The number of aromatic nitrogens is 3. The van der Waals surface area contributed by atoms with Gasteiger partial charge in [-0.15, -0.1) is 0 Å². The highest BCUT2D eigenvalue weighted by molar-refractivity contribution is 6.30. The van der Waals surface area contributed by atoms with Crippen LogP contribution in [0.1, 0.15) is 17.8 Å². The number of carbonyl (C=O) groups is 1. The number of imidazole rings is 1. The summed E-state index contributed by atoms with van der Waals surface area (Å²) in [5, 5.41) is 3.63. The second kappa shape index (κ2) is 8.23. The third-order valence-corrected chi connectivity index (χ3v) is 4.73. The number of aryl methyl sites for hydroxylation is 1. The van der Waals surface area contributed by atoms with Crippen LogP contribution in [0.5, 0.6) is 0 Å². The van der Waals surface area contributed by atoms with Gasteiger partial charge in [-0.05, 0) is 42.0 Å². The molecule has 0 fully saturated rings. The monoisotopic (exact) mass is 390 g/mol. The van der Waals surface area contributed by atoms with E-state index in [0.717, 1.165) is 28.2 Å². The number of hydrogen-bond donors (Lipinski definition) is 1. The number of benzene rings is 2. The van der Waals surface area contributed by atoms with Gasteiger partial charge in [0.25, 0.3) is 0 Å². The number of pyridine rings is 1. The van der Waals surface area contributed by atoms with Gasteiger partial charge >= 0.3 is 0 Å². The third kappa shape index (κ3) is 4.05. The Morgan fingerprint density at radius 3 is 2.57 bits per heavy atom. The molecule has 2 aromatic heterocycles. The Bertz CT molecular complexity index is 1090. The van der Waals surface area contributed by atoms with E-state index in [1.807, 2.05) is 71.3 Å². The van der Waals surface area contributed by atoms with Gasteiger partial charge in [0.2, 0.25) is 5.91 Å². The molecule has 0 aliphatic rings. The number of nitrogens with one attached hydrogen (secondary N) is 1. The summed E-state index contributed by atoms with van der Waals surface area (Å²) < 4.78 is 2.02. The van der Waals surface area contributed by atoms with Crippen molar-refractivity contribution in [1.29, 1.82) is 0 Å². The minimum Gasteiger partial charge on any atom is -0.352 e. The van der Waals surface area contributed by atoms with E-state index in [1.54, 1.807) is 6.20 Å². The molecular formula is C22H19ClN4O. The number of carbonyl (C=O) groups excluding carboxylic acids is 1. The topological polar surface area (TPSA) is 59.8 Å². The van der Waals surface area contributed by atoms with Crippen LogP contribution >= 0.6 is 11.6 Å². The van der Waals surface area contributed by atoms with Crippen molar-refractivity contribution in [3.8, 4) is 5.69 Å². The fourth-order valence-corrected chi connectivity index (χ4v) is 3.22. The maximum Gasteiger partial charge on any atom is 0.220 e. The molecule has 6 heteroatoms. The Hall–Kier alpha value is -3.18. The Morgan fingerprint density at radius 1 is 1.00 bits per heavy atom. The van der Waals surface area contributed by atoms with Crippen LogP contribution in [0, 0.1) is 0 Å². The summed E-state index contributed by atoms with van der Waals surface area (Å²) in [5.74, 6) is 0.802. The average molecular weight is 391 g/mol. The third-order valence-electron chi connectivity index (χ3n) is 4.48. The van der Waals surface area contributed by atoms with E-state index >= 15 is 0 Å². The molecule has 0 bridgehead atoms. The Labute approximate surface area is 168 Å². The molecule has 4 rings (SSSR count). The molecule has 0 radical (unpaired) electrons. The molecule has 1 N–H and O–H groups in total. The molecule has 0 unspecified atom stereocenters. The molecule has 0 spiro atoms. The van der Waals surface area contributed by atoms with E-state index in [2.05, 4.69) is 10.3 Å². The standard InChI is InChI=1S/C22H19ClN4O/c23-17-10-8-16(9-11-17)15-25-21(28)13-12-20-26-19-7-4-14-24-22(19)27(20)18-5-2-1-3-6-18/h1-11,14H,12-13,15H2,(H,25,28). The van der Waals surface area contributed by atoms with E-state index in [-0.39, 0.29) is 5.91 Å². The van der Waals surface area contributed by atoms with Gasteiger partial charge in [0.15, 0.2) is 5.65 Å². The summed E-state index contributed by atoms with van der Waals surface area (Å²) in [6, 6.07) is 21.2. The van der Waals surface area contributed by atoms with Crippen LogP contribution in [0.15, 0.2) is 72.9 Å². The number of rotatable bonds is 6. The predicted octanol–water partition coefficient (Wildman–Crippen LogP) is 4.32. The first-order valence-corrected chi connectivity index (χ1v) is 9.47. The van der Waals surface area contributed by atoms with Gasteiger partial charge in [-0.1, -0.05) is 41.9 Å². The second-order valence-electron chi connectivity index (χ2n) is 6.45. The molecule has 140 valence electrons. The van der Waals surface area contributed by atoms with Crippen molar-refractivity contribution >= 4 is 28.7 Å². The van der Waals surface area contributed by atoms with E-state index in [9.17, 15) is 4.79 Å². The van der Waals surface area contributed by atoms with E-state index in [0.29, 0.717) is 24.4 Å². The highest BCUT2D eigenvalue weighted by Gasteiger charge is 2.14. The molecule has 5 nitrogen and oxygen atoms in total. The molecule has 0 atom stereocenters. The van der Waals surface area contributed by atoms with Gasteiger partial charge in [0.05, 0.1) is 0 Å². The fourth-order valence-electron chi connectivity index (χ4n) is 3.09. The fraction of sp³-hybridized carbons (Fsp3) is 0.136. The van der Waals surface area contributed by atoms with Crippen molar-refractivity contribution in [2.45, 2.75) is 19.4 Å². The maximum absolute atomic E-state index is 12.3. The van der Waals surface area contributed by atoms with Crippen LogP contribution in [0.2, 0.25) is 5.02 Å². The molecule has 2 aromatic carbocycles. The molecule has 0 aliphatic carbocycles. The largest absolute Gasteiger partial charge is 0.352 e. The molecule has 4 aromatic rings. The number of para-hydroxylation sites is 1. The van der Waals surface area contributed by atoms with E-state index in [1.165, 1.54) is 0 Å². The SMILES string of the molecule is O=C(CCc1nc2cccnc2n1-c1ccccc1)NCc1ccc(Cl)cc1. The maximum atomic E-state index is 12.3. The first-order chi connectivity index (χ1) is 13.7. The minimum absolute atomic E-state index is 0.0189. The van der Waals surface area contributed by atoms with Crippen LogP contribution in [0.25, 0.3) is 16.9 Å². The lowest BCUT2D eigenvalue weighted by molar-refractivity contribution is -0.121. The van der Waals surface area contributed by atoms with Crippen molar-refractivity contribution in [2.24, 2.45) is 0 Å². The second-order valence-corrected chi connectivity index (χ2v) is 6.88. The Balaban J connectivity index is 1.48. The van der Waals surface area contributed by atoms with Gasteiger partial charge in [-0.3, -0.25) is 9.36 Å². The molecule has 1 amide bonds. The van der Waals surface area contributed by atoms with Gasteiger partial charge in [-0.25, -0.2) is 9.97 Å². The average Bonchev–Trinajstić information content (AvgIpc) is 3.11. The smallest absolute Gasteiger partial charge is 0.220 e. The lowest BCUT2D eigenvalue weighted by Gasteiger charge is -2.09. The summed E-state index contributed by atoms with van der Waals surface area (Å²) >= 11 is 5.89. The highest BCUT2D eigenvalue weighted by Crippen LogP contribution is 2.20. The van der Waals surface area contributed by atoms with Gasteiger partial charge in [0.1, 0.15) is 11.3 Å². The van der Waals surface area contributed by atoms with Gasteiger partial charge < -0.3 is 5.32 Å². The van der Waals surface area contributed by atoms with E-state index in [4.69, 9.17) is 16.6 Å². The first-order valence-electron chi connectivity index (χ1n) is 9.09. The minimum atomic E-state index is -0.0189. The van der Waals surface area contributed by atoms with Crippen LogP contribution in [0.3, 0.4) is 0 Å². The molecule has 0 saturated heterocycles. The number of amides is 1. The van der Waals surface area contributed by atoms with Crippen molar-refractivity contribution in [3.63, 3.8) is 0 Å². The van der Waals surface area contributed by atoms with Crippen LogP contribution in [-0.4, -0.2) is 20.4 Å². The van der Waals surface area contributed by atoms with Crippen molar-refractivity contribution in [3.05, 3.63) is 89.3 Å². The summed E-state index contributed by atoms with van der Waals surface area (Å²) in [7, 11) is 0. The quantitative estimate of drug-likeness (QED) is 0.533. The van der Waals surface area contributed by atoms with Crippen molar-refractivity contribution in [2.75, 3.05) is 0 Å². The summed E-state index contributed by atoms with van der Waals surface area (Å²) in [5.41, 5.74) is 3.62. The normalized spacial score (nSPS) is 10.9. The Kier molecular flexibility index (Phi) is 5.35. The van der Waals surface area contributed by atoms with E-state index < -0.39 is 0 Å². The molecular weight excluding hydrogens is 372 g/mol. The summed E-state index contributed by atoms with van der Waals surface area (Å²) in [6.07, 6.45) is 2.63. The highest BCUT2D eigenvalue weighted by atomic mass is 35.5. The number of halogens is 1. The number of nitrogens with zero attached hydrogens (tertiary/aromatic N) is 3. The zero-order valence-electron chi connectivity index (χ0n) is 15.2. The van der Waals surface area contributed by atoms with Crippen LogP contribution < -0.4 is 5.32 Å². The molecule has 2 heterocycles. The van der Waals surface area contributed by atoms with Crippen molar-refractivity contribution < 1.29 is 4.79 Å². The summed E-state index contributed by atoms with van der Waals surface area (Å²) in [4.78, 5) is 21.5. The Morgan fingerprint density at radius 2 is 1.79 bits per heavy atom. The lowest BCUT2D eigenvalue weighted by Crippen LogP contribution is -2.23. The van der Waals surface area contributed by atoms with Crippen LogP contribution in [0.4, 0.5) is 0 Å². The van der Waals surface area contributed by atoms with Gasteiger partial charge in [0, 0.05) is 36.3 Å². The number of hydrogen-bond acceptors (Lipinski definition) is 3. The summed E-state index contributed by atoms with van der Waals surface area (Å²) in [6.45, 7) is 0.479. The molecule has 28 heavy (non-hydrogen) atoms. The lowest BCUT2D eigenvalue weighted by atomic mass is 10.2. The zero-order chi connectivity index (χ0) is 19.3.